The van der Waals surface area contributed by atoms with Gasteiger partial charge in [-0.2, -0.15) is 0 Å². The van der Waals surface area contributed by atoms with E-state index in [4.69, 9.17) is 19.9 Å². The van der Waals surface area contributed by atoms with Crippen LogP contribution >= 0.6 is 11.3 Å². The minimum absolute atomic E-state index is 0.631. The third kappa shape index (κ3) is 5.84. The molecule has 0 aliphatic rings. The summed E-state index contributed by atoms with van der Waals surface area (Å²) in [5, 5.41) is 8.42. The van der Waals surface area contributed by atoms with Gasteiger partial charge >= 0.3 is 0 Å². The lowest BCUT2D eigenvalue weighted by Gasteiger charge is -2.15. The van der Waals surface area contributed by atoms with Crippen molar-refractivity contribution in [3.63, 3.8) is 0 Å². The van der Waals surface area contributed by atoms with Gasteiger partial charge < -0.3 is 4.57 Å². The molecule has 6 heteroatoms. The molecule has 13 rings (SSSR count). The molecular weight excluding hydrogens is 799 g/mol. The number of thiophene rings is 1. The first-order valence-electron chi connectivity index (χ1n) is 21.5. The smallest absolute Gasteiger partial charge is 0.164 e. The van der Waals surface area contributed by atoms with Crippen LogP contribution in [0.2, 0.25) is 0 Å². The highest BCUT2D eigenvalue weighted by atomic mass is 32.1. The van der Waals surface area contributed by atoms with E-state index in [-0.39, 0.29) is 0 Å². The molecule has 4 aromatic heterocycles. The van der Waals surface area contributed by atoms with Crippen LogP contribution in [0, 0.1) is 0 Å². The maximum Gasteiger partial charge on any atom is 0.164 e. The Bertz CT molecular complexity index is 3880. The normalized spacial score (nSPS) is 11.8. The Morgan fingerprint density at radius 2 is 0.875 bits per heavy atom. The lowest BCUT2D eigenvalue weighted by atomic mass is 9.91. The Morgan fingerprint density at radius 3 is 1.58 bits per heavy atom. The van der Waals surface area contributed by atoms with E-state index < -0.39 is 0 Å². The lowest BCUT2D eigenvalue weighted by Crippen LogP contribution is -2.00. The van der Waals surface area contributed by atoms with Gasteiger partial charge in [0.25, 0.3) is 0 Å². The number of pyridine rings is 1. The molecule has 0 atom stereocenters. The summed E-state index contributed by atoms with van der Waals surface area (Å²) < 4.78 is 4.88. The van der Waals surface area contributed by atoms with Crippen LogP contribution < -0.4 is 0 Å². The van der Waals surface area contributed by atoms with Gasteiger partial charge in [0.05, 0.1) is 22.2 Å². The van der Waals surface area contributed by atoms with Gasteiger partial charge in [-0.1, -0.05) is 164 Å². The highest BCUT2D eigenvalue weighted by molar-refractivity contribution is 7.26. The van der Waals surface area contributed by atoms with Crippen molar-refractivity contribution in [3.8, 4) is 62.2 Å². The van der Waals surface area contributed by atoms with E-state index in [1.807, 2.05) is 72.0 Å². The van der Waals surface area contributed by atoms with Gasteiger partial charge in [0.2, 0.25) is 0 Å². The second-order valence-corrected chi connectivity index (χ2v) is 17.2. The summed E-state index contributed by atoms with van der Waals surface area (Å²) in [6, 6.07) is 75.0. The van der Waals surface area contributed by atoms with E-state index >= 15 is 0 Å². The van der Waals surface area contributed by atoms with E-state index in [1.54, 1.807) is 0 Å². The quantitative estimate of drug-likeness (QED) is 0.157. The van der Waals surface area contributed by atoms with Gasteiger partial charge in [0.1, 0.15) is 0 Å². The molecule has 64 heavy (non-hydrogen) atoms. The zero-order chi connectivity index (χ0) is 42.1. The van der Waals surface area contributed by atoms with Crippen LogP contribution in [0.3, 0.4) is 0 Å². The van der Waals surface area contributed by atoms with Crippen molar-refractivity contribution in [1.82, 2.24) is 24.5 Å². The first-order valence-corrected chi connectivity index (χ1v) is 22.3. The largest absolute Gasteiger partial charge is 0.309 e. The summed E-state index contributed by atoms with van der Waals surface area (Å²) in [6.07, 6.45) is 0. The molecule has 0 spiro atoms. The number of rotatable bonds is 6. The second-order valence-electron chi connectivity index (χ2n) is 16.2. The zero-order valence-corrected chi connectivity index (χ0v) is 35.2. The van der Waals surface area contributed by atoms with Crippen LogP contribution in [-0.4, -0.2) is 24.5 Å². The standard InChI is InChI=1S/C58H35N5S/c1-4-16-37(17-5-1)56-60-57(38-18-6-2-7-19-38)62-58(61-56)39-30-28-36(29-31-39)45-35-47-52(53-44-24-12-15-27-51(44)64-55(45)53)43-23-10-13-25-48(43)59-54(47)40-32-33-50-46(34-40)42-22-11-14-26-49(42)63(50)41-20-8-3-9-21-41/h1-35H. The van der Waals surface area contributed by atoms with E-state index in [9.17, 15) is 0 Å². The summed E-state index contributed by atoms with van der Waals surface area (Å²) in [5.74, 6) is 1.92. The number of nitrogens with zero attached hydrogens (tertiary/aromatic N) is 5. The Kier molecular flexibility index (Phi) is 8.32. The van der Waals surface area contributed by atoms with Crippen molar-refractivity contribution < 1.29 is 0 Å². The van der Waals surface area contributed by atoms with Crippen LogP contribution in [0.4, 0.5) is 0 Å². The van der Waals surface area contributed by atoms with E-state index in [0.29, 0.717) is 17.5 Å². The number of fused-ring (bicyclic) bond motifs is 10. The van der Waals surface area contributed by atoms with E-state index in [1.165, 1.54) is 47.4 Å². The summed E-state index contributed by atoms with van der Waals surface area (Å²) in [5.41, 5.74) is 11.6. The van der Waals surface area contributed by atoms with Crippen LogP contribution in [0.25, 0.3) is 126 Å². The summed E-state index contributed by atoms with van der Waals surface area (Å²) in [7, 11) is 0. The average molecular weight is 834 g/mol. The highest BCUT2D eigenvalue weighted by Gasteiger charge is 2.22. The van der Waals surface area contributed by atoms with Crippen LogP contribution in [0.5, 0.6) is 0 Å². The minimum Gasteiger partial charge on any atom is -0.309 e. The first-order chi connectivity index (χ1) is 31.7. The van der Waals surface area contributed by atoms with Crippen LogP contribution in [0.1, 0.15) is 0 Å². The fraction of sp³-hybridized carbons (Fsp3) is 0. The number of aromatic nitrogens is 5. The van der Waals surface area contributed by atoms with Gasteiger partial charge in [-0.25, -0.2) is 19.9 Å². The van der Waals surface area contributed by atoms with E-state index in [2.05, 4.69) is 156 Å². The summed E-state index contributed by atoms with van der Waals surface area (Å²) in [6.45, 7) is 0. The summed E-state index contributed by atoms with van der Waals surface area (Å²) in [4.78, 5) is 20.5. The molecular formula is C58H35N5S. The predicted octanol–water partition coefficient (Wildman–Crippen LogP) is 15.4. The topological polar surface area (TPSA) is 56.5 Å². The van der Waals surface area contributed by atoms with Crippen molar-refractivity contribution in [2.75, 3.05) is 0 Å². The molecule has 4 heterocycles. The third-order valence-corrected chi connectivity index (χ3v) is 13.6. The Balaban J connectivity index is 1.04. The molecule has 0 fully saturated rings. The Labute approximate surface area is 372 Å². The van der Waals surface area contributed by atoms with Crippen molar-refractivity contribution in [2.45, 2.75) is 0 Å². The van der Waals surface area contributed by atoms with Gasteiger partial charge in [0.15, 0.2) is 17.5 Å². The monoisotopic (exact) mass is 833 g/mol. The van der Waals surface area contributed by atoms with Crippen LogP contribution in [0.15, 0.2) is 212 Å². The minimum atomic E-state index is 0.631. The van der Waals surface area contributed by atoms with Gasteiger partial charge in [-0.05, 0) is 54.1 Å². The maximum atomic E-state index is 5.53. The first kappa shape index (κ1) is 36.3. The third-order valence-electron chi connectivity index (χ3n) is 12.4. The molecule has 0 radical (unpaired) electrons. The van der Waals surface area contributed by atoms with Crippen molar-refractivity contribution >= 4 is 75.0 Å². The molecule has 0 saturated carbocycles. The predicted molar refractivity (Wildman–Crippen MR) is 267 cm³/mol. The number of hydrogen-bond acceptors (Lipinski definition) is 5. The average Bonchev–Trinajstić information content (AvgIpc) is 3.93. The molecule has 0 aliphatic carbocycles. The molecule has 13 aromatic rings. The van der Waals surface area contributed by atoms with Crippen LogP contribution in [-0.2, 0) is 0 Å². The SMILES string of the molecule is c1ccc(-c2nc(-c3ccccc3)nc(-c3ccc(-c4cc5c(-c6ccc7c(c6)c6ccccc6n7-c6ccccc6)nc6ccccc6c5c5c4sc4ccccc45)cc3)n2)cc1. The van der Waals surface area contributed by atoms with Crippen molar-refractivity contribution in [3.05, 3.63) is 212 Å². The molecule has 0 amide bonds. The molecule has 0 aliphatic heterocycles. The van der Waals surface area contributed by atoms with Crippen molar-refractivity contribution in [2.24, 2.45) is 0 Å². The van der Waals surface area contributed by atoms with Crippen molar-refractivity contribution in [1.29, 1.82) is 0 Å². The molecule has 0 unspecified atom stereocenters. The number of hydrogen-bond donors (Lipinski definition) is 0. The number of benzene rings is 9. The zero-order valence-electron chi connectivity index (χ0n) is 34.4. The molecule has 298 valence electrons. The molecule has 0 N–H and O–H groups in total. The highest BCUT2D eigenvalue weighted by Crippen LogP contribution is 2.48. The number of para-hydroxylation sites is 3. The molecule has 9 aromatic carbocycles. The Morgan fingerprint density at radius 1 is 0.344 bits per heavy atom. The lowest BCUT2D eigenvalue weighted by molar-refractivity contribution is 1.07. The van der Waals surface area contributed by atoms with Gasteiger partial charge in [0, 0.05) is 80.6 Å². The fourth-order valence-corrected chi connectivity index (χ4v) is 10.7. The Hall–Kier alpha value is -8.32. The summed E-state index contributed by atoms with van der Waals surface area (Å²) >= 11 is 1.86. The van der Waals surface area contributed by atoms with Gasteiger partial charge in [-0.3, -0.25) is 0 Å². The molecule has 5 nitrogen and oxygen atoms in total. The fourth-order valence-electron chi connectivity index (χ4n) is 9.48. The maximum absolute atomic E-state index is 5.53. The molecule has 0 bridgehead atoms. The molecule has 0 saturated heterocycles. The van der Waals surface area contributed by atoms with E-state index in [0.717, 1.165) is 61.0 Å². The second kappa shape index (κ2) is 14.7. The van der Waals surface area contributed by atoms with Gasteiger partial charge in [-0.15, -0.1) is 11.3 Å².